The molecule has 0 radical (unpaired) electrons. The maximum atomic E-state index is 6.11. The van der Waals surface area contributed by atoms with E-state index >= 15 is 0 Å². The minimum Gasteiger partial charge on any atom is -0.371 e. The lowest BCUT2D eigenvalue weighted by Gasteiger charge is -2.21. The van der Waals surface area contributed by atoms with Crippen LogP contribution in [0.5, 0.6) is 0 Å². The van der Waals surface area contributed by atoms with E-state index < -0.39 is 0 Å². The molecule has 1 aliphatic heterocycles. The summed E-state index contributed by atoms with van der Waals surface area (Å²) in [4.78, 5) is 6.84. The van der Waals surface area contributed by atoms with Crippen LogP contribution in [0.1, 0.15) is 25.3 Å². The van der Waals surface area contributed by atoms with Gasteiger partial charge >= 0.3 is 0 Å². The molecule has 1 unspecified atom stereocenters. The third kappa shape index (κ3) is 4.53. The van der Waals surface area contributed by atoms with Crippen molar-refractivity contribution >= 4 is 23.2 Å². The smallest absolute Gasteiger partial charge is 0.188 e. The summed E-state index contributed by atoms with van der Waals surface area (Å²) in [6.07, 6.45) is 2.21. The Hall–Kier alpha value is -1.42. The van der Waals surface area contributed by atoms with Crippen LogP contribution in [0.2, 0.25) is 5.02 Å². The van der Waals surface area contributed by atoms with Crippen molar-refractivity contribution < 1.29 is 0 Å². The Balaban J connectivity index is 1.90. The summed E-state index contributed by atoms with van der Waals surface area (Å²) in [6, 6.07) is 6.08. The summed E-state index contributed by atoms with van der Waals surface area (Å²) in [6.45, 7) is 7.99. The van der Waals surface area contributed by atoms with E-state index in [1.807, 2.05) is 6.07 Å². The van der Waals surface area contributed by atoms with Gasteiger partial charge in [0.1, 0.15) is 0 Å². The zero-order chi connectivity index (χ0) is 15.2. The van der Waals surface area contributed by atoms with E-state index in [9.17, 15) is 0 Å². The number of nitrogens with one attached hydrogen (secondary N) is 1. The Bertz CT molecular complexity index is 501. The van der Waals surface area contributed by atoms with Gasteiger partial charge in [0.05, 0.1) is 0 Å². The van der Waals surface area contributed by atoms with E-state index in [1.165, 1.54) is 11.3 Å². The van der Waals surface area contributed by atoms with Gasteiger partial charge in [-0.1, -0.05) is 24.6 Å². The summed E-state index contributed by atoms with van der Waals surface area (Å²) in [5.74, 6) is 1.12. The van der Waals surface area contributed by atoms with Crippen molar-refractivity contribution in [1.29, 1.82) is 0 Å². The molecule has 1 heterocycles. The number of hydrogen-bond donors (Lipinski definition) is 2. The lowest BCUT2D eigenvalue weighted by Crippen LogP contribution is -2.33. The molecule has 0 aromatic heterocycles. The van der Waals surface area contributed by atoms with Gasteiger partial charge in [-0.25, -0.2) is 0 Å². The number of guanidine groups is 1. The topological polar surface area (TPSA) is 53.6 Å². The molecule has 0 amide bonds. The van der Waals surface area contributed by atoms with Crippen LogP contribution in [-0.4, -0.2) is 32.1 Å². The van der Waals surface area contributed by atoms with E-state index in [0.29, 0.717) is 11.9 Å². The van der Waals surface area contributed by atoms with Crippen molar-refractivity contribution in [2.75, 3.05) is 31.1 Å². The fraction of sp³-hybridized carbons (Fsp3) is 0.562. The van der Waals surface area contributed by atoms with Crippen molar-refractivity contribution in [2.45, 2.75) is 26.7 Å². The van der Waals surface area contributed by atoms with Crippen molar-refractivity contribution in [3.05, 3.63) is 28.8 Å². The quantitative estimate of drug-likeness (QED) is 0.649. The van der Waals surface area contributed by atoms with Crippen LogP contribution < -0.4 is 16.0 Å². The molecule has 1 fully saturated rings. The number of halogens is 1. The molecule has 1 atom stereocenters. The number of nitrogens with zero attached hydrogens (tertiary/aromatic N) is 2. The molecule has 1 aromatic rings. The third-order valence-corrected chi connectivity index (χ3v) is 4.11. The first-order valence-corrected chi connectivity index (χ1v) is 8.02. The monoisotopic (exact) mass is 308 g/mol. The van der Waals surface area contributed by atoms with E-state index in [-0.39, 0.29) is 0 Å². The zero-order valence-electron chi connectivity index (χ0n) is 12.9. The van der Waals surface area contributed by atoms with E-state index in [0.717, 1.165) is 44.0 Å². The van der Waals surface area contributed by atoms with Gasteiger partial charge in [-0.3, -0.25) is 4.99 Å². The summed E-state index contributed by atoms with van der Waals surface area (Å²) in [5.41, 5.74) is 8.35. The molecule has 2 rings (SSSR count). The van der Waals surface area contributed by atoms with E-state index in [2.05, 4.69) is 41.2 Å². The lowest BCUT2D eigenvalue weighted by atomic mass is 10.1. The number of aryl methyl sites for hydroxylation is 1. The molecule has 3 N–H and O–H groups in total. The van der Waals surface area contributed by atoms with Gasteiger partial charge in [-0.05, 0) is 43.4 Å². The van der Waals surface area contributed by atoms with Crippen molar-refractivity contribution in [2.24, 2.45) is 16.6 Å². The maximum absolute atomic E-state index is 6.11. The van der Waals surface area contributed by atoms with Gasteiger partial charge in [0, 0.05) is 36.9 Å². The fourth-order valence-corrected chi connectivity index (χ4v) is 2.83. The SMILES string of the molecule is CCCNC(N)=NCC1CCN(c2cc(Cl)ccc2C)C1. The van der Waals surface area contributed by atoms with Gasteiger partial charge in [0.2, 0.25) is 0 Å². The van der Waals surface area contributed by atoms with Gasteiger partial charge in [-0.15, -0.1) is 0 Å². The highest BCUT2D eigenvalue weighted by molar-refractivity contribution is 6.30. The zero-order valence-corrected chi connectivity index (χ0v) is 13.7. The second-order valence-corrected chi connectivity index (χ2v) is 6.12. The number of benzene rings is 1. The van der Waals surface area contributed by atoms with Gasteiger partial charge in [0.25, 0.3) is 0 Å². The molecule has 0 aliphatic carbocycles. The Labute approximate surface area is 132 Å². The largest absolute Gasteiger partial charge is 0.371 e. The molecule has 0 bridgehead atoms. The first kappa shape index (κ1) is 16.0. The molecule has 4 nitrogen and oxygen atoms in total. The van der Waals surface area contributed by atoms with Crippen LogP contribution in [0, 0.1) is 12.8 Å². The Morgan fingerprint density at radius 2 is 2.33 bits per heavy atom. The minimum absolute atomic E-state index is 0.561. The number of rotatable bonds is 5. The van der Waals surface area contributed by atoms with Gasteiger partial charge in [-0.2, -0.15) is 0 Å². The lowest BCUT2D eigenvalue weighted by molar-refractivity contribution is 0.601. The molecule has 5 heteroatoms. The molecular formula is C16H25ClN4. The summed E-state index contributed by atoms with van der Waals surface area (Å²) >= 11 is 6.11. The molecule has 0 saturated carbocycles. The Morgan fingerprint density at radius 1 is 1.52 bits per heavy atom. The van der Waals surface area contributed by atoms with Crippen molar-refractivity contribution in [1.82, 2.24) is 5.32 Å². The highest BCUT2D eigenvalue weighted by Crippen LogP contribution is 2.29. The standard InChI is InChI=1S/C16H25ClN4/c1-3-7-19-16(18)20-10-13-6-8-21(11-13)15-9-14(17)5-4-12(15)2/h4-5,9,13H,3,6-8,10-11H2,1-2H3,(H3,18,19,20). The molecule has 21 heavy (non-hydrogen) atoms. The number of hydrogen-bond acceptors (Lipinski definition) is 2. The third-order valence-electron chi connectivity index (χ3n) is 3.87. The van der Waals surface area contributed by atoms with E-state index in [1.54, 1.807) is 0 Å². The highest BCUT2D eigenvalue weighted by Gasteiger charge is 2.23. The first-order valence-electron chi connectivity index (χ1n) is 7.65. The fourth-order valence-electron chi connectivity index (χ4n) is 2.66. The first-order chi connectivity index (χ1) is 10.1. The molecule has 1 aliphatic rings. The van der Waals surface area contributed by atoms with Crippen LogP contribution in [0.3, 0.4) is 0 Å². The van der Waals surface area contributed by atoms with Crippen LogP contribution in [0.4, 0.5) is 5.69 Å². The average molecular weight is 309 g/mol. The molecule has 116 valence electrons. The van der Waals surface area contributed by atoms with Crippen molar-refractivity contribution in [3.8, 4) is 0 Å². The molecular weight excluding hydrogens is 284 g/mol. The predicted molar refractivity (Wildman–Crippen MR) is 91.3 cm³/mol. The average Bonchev–Trinajstić information content (AvgIpc) is 2.94. The second-order valence-electron chi connectivity index (χ2n) is 5.68. The summed E-state index contributed by atoms with van der Waals surface area (Å²) in [5, 5.41) is 3.91. The summed E-state index contributed by atoms with van der Waals surface area (Å²) in [7, 11) is 0. The minimum atomic E-state index is 0.561. The maximum Gasteiger partial charge on any atom is 0.188 e. The normalized spacial score (nSPS) is 19.1. The summed E-state index contributed by atoms with van der Waals surface area (Å²) < 4.78 is 0. The highest BCUT2D eigenvalue weighted by atomic mass is 35.5. The Kier molecular flexibility index (Phi) is 5.74. The number of anilines is 1. The van der Waals surface area contributed by atoms with Gasteiger partial charge < -0.3 is 16.0 Å². The predicted octanol–water partition coefficient (Wildman–Crippen LogP) is 2.79. The molecule has 1 aromatic carbocycles. The second kappa shape index (κ2) is 7.55. The number of nitrogens with two attached hydrogens (primary N) is 1. The Morgan fingerprint density at radius 3 is 3.10 bits per heavy atom. The van der Waals surface area contributed by atoms with Crippen molar-refractivity contribution in [3.63, 3.8) is 0 Å². The van der Waals surface area contributed by atoms with Crippen LogP contribution in [0.25, 0.3) is 0 Å². The van der Waals surface area contributed by atoms with Crippen LogP contribution >= 0.6 is 11.6 Å². The van der Waals surface area contributed by atoms with Crippen LogP contribution in [0.15, 0.2) is 23.2 Å². The molecule has 1 saturated heterocycles. The number of aliphatic imine (C=N–C) groups is 1. The van der Waals surface area contributed by atoms with E-state index in [4.69, 9.17) is 17.3 Å². The van der Waals surface area contributed by atoms with Gasteiger partial charge in [0.15, 0.2) is 5.96 Å². The molecule has 0 spiro atoms. The van der Waals surface area contributed by atoms with Crippen LogP contribution in [-0.2, 0) is 0 Å².